The van der Waals surface area contributed by atoms with E-state index >= 15 is 0 Å². The zero-order chi connectivity index (χ0) is 21.4. The number of aromatic nitrogens is 3. The van der Waals surface area contributed by atoms with Crippen molar-refractivity contribution in [1.82, 2.24) is 19.9 Å². The van der Waals surface area contributed by atoms with E-state index in [0.717, 1.165) is 46.4 Å². The second-order valence-electron chi connectivity index (χ2n) is 7.75. The molecule has 1 N–H and O–H groups in total. The zero-order valence-corrected chi connectivity index (χ0v) is 17.6. The third-order valence-corrected chi connectivity index (χ3v) is 5.88. The van der Waals surface area contributed by atoms with Crippen molar-refractivity contribution >= 4 is 22.6 Å². The van der Waals surface area contributed by atoms with Crippen LogP contribution < -0.4 is 5.32 Å². The predicted octanol–water partition coefficient (Wildman–Crippen LogP) is 4.31. The average molecular weight is 409 g/mol. The highest BCUT2D eigenvalue weighted by Crippen LogP contribution is 2.34. The van der Waals surface area contributed by atoms with Gasteiger partial charge in [-0.1, -0.05) is 24.3 Å². The van der Waals surface area contributed by atoms with Crippen molar-refractivity contribution in [3.63, 3.8) is 0 Å². The first-order valence-corrected chi connectivity index (χ1v) is 10.4. The lowest BCUT2D eigenvalue weighted by atomic mass is 9.90. The summed E-state index contributed by atoms with van der Waals surface area (Å²) in [6, 6.07) is 16.5. The number of pyridine rings is 1. The highest BCUT2D eigenvalue weighted by atomic mass is 16.2. The molecule has 0 saturated heterocycles. The molecule has 1 amide bonds. The minimum absolute atomic E-state index is 0.118. The van der Waals surface area contributed by atoms with Crippen LogP contribution in [-0.4, -0.2) is 39.4 Å². The van der Waals surface area contributed by atoms with Crippen LogP contribution >= 0.6 is 0 Å². The van der Waals surface area contributed by atoms with E-state index in [4.69, 9.17) is 9.97 Å². The molecule has 0 spiro atoms. The Bertz CT molecular complexity index is 1290. The number of rotatable bonds is 3. The van der Waals surface area contributed by atoms with E-state index in [1.54, 1.807) is 19.3 Å². The highest BCUT2D eigenvalue weighted by Gasteiger charge is 2.21. The third-order valence-electron chi connectivity index (χ3n) is 5.88. The molecule has 0 atom stereocenters. The first kappa shape index (κ1) is 19.2. The maximum Gasteiger partial charge on any atom is 0.219 e. The van der Waals surface area contributed by atoms with Gasteiger partial charge in [-0.25, -0.2) is 9.97 Å². The fourth-order valence-corrected chi connectivity index (χ4v) is 4.23. The fraction of sp³-hybridized carbons (Fsp3) is 0.200. The molecular formula is C25H23N5O. The minimum Gasteiger partial charge on any atom is -0.373 e. The van der Waals surface area contributed by atoms with Crippen molar-refractivity contribution in [3.05, 3.63) is 72.1 Å². The SMILES string of the molecule is CNc1nc(-c2cccnc2)nc2ccc(-c3cccc4c3CN(C(C)=O)CC4)cc12. The van der Waals surface area contributed by atoms with Crippen LogP contribution in [0.15, 0.2) is 60.9 Å². The number of benzene rings is 2. The summed E-state index contributed by atoms with van der Waals surface area (Å²) in [4.78, 5) is 27.6. The van der Waals surface area contributed by atoms with Gasteiger partial charge in [0, 0.05) is 50.4 Å². The van der Waals surface area contributed by atoms with Crippen molar-refractivity contribution in [2.24, 2.45) is 0 Å². The Morgan fingerprint density at radius 1 is 1.06 bits per heavy atom. The van der Waals surface area contributed by atoms with Crippen molar-refractivity contribution in [3.8, 4) is 22.5 Å². The van der Waals surface area contributed by atoms with E-state index in [0.29, 0.717) is 12.4 Å². The largest absolute Gasteiger partial charge is 0.373 e. The highest BCUT2D eigenvalue weighted by molar-refractivity contribution is 5.94. The van der Waals surface area contributed by atoms with Crippen LogP contribution in [0.5, 0.6) is 0 Å². The van der Waals surface area contributed by atoms with Crippen LogP contribution in [-0.2, 0) is 17.8 Å². The average Bonchev–Trinajstić information content (AvgIpc) is 2.82. The number of anilines is 1. The van der Waals surface area contributed by atoms with Gasteiger partial charge in [0.05, 0.1) is 5.52 Å². The van der Waals surface area contributed by atoms with Gasteiger partial charge in [-0.15, -0.1) is 0 Å². The van der Waals surface area contributed by atoms with Crippen molar-refractivity contribution in [2.75, 3.05) is 18.9 Å². The lowest BCUT2D eigenvalue weighted by Crippen LogP contribution is -2.34. The lowest BCUT2D eigenvalue weighted by molar-refractivity contribution is -0.129. The number of hydrogen-bond acceptors (Lipinski definition) is 5. The Labute approximate surface area is 181 Å². The summed E-state index contributed by atoms with van der Waals surface area (Å²) in [6.07, 6.45) is 4.39. The molecule has 4 aromatic rings. The van der Waals surface area contributed by atoms with E-state index in [9.17, 15) is 4.79 Å². The predicted molar refractivity (Wildman–Crippen MR) is 123 cm³/mol. The van der Waals surface area contributed by atoms with E-state index in [1.807, 2.05) is 30.1 Å². The summed E-state index contributed by atoms with van der Waals surface area (Å²) in [6.45, 7) is 3.06. The molecule has 1 aliphatic rings. The zero-order valence-electron chi connectivity index (χ0n) is 17.6. The summed E-state index contributed by atoms with van der Waals surface area (Å²) in [5.41, 5.74) is 6.55. The van der Waals surface area contributed by atoms with Gasteiger partial charge in [-0.2, -0.15) is 0 Å². The molecule has 6 heteroatoms. The molecule has 5 rings (SSSR count). The van der Waals surface area contributed by atoms with Crippen molar-refractivity contribution < 1.29 is 4.79 Å². The van der Waals surface area contributed by atoms with Crippen LogP contribution in [0.1, 0.15) is 18.1 Å². The molecule has 154 valence electrons. The Balaban J connectivity index is 1.63. The molecule has 2 aromatic heterocycles. The monoisotopic (exact) mass is 409 g/mol. The van der Waals surface area contributed by atoms with Gasteiger partial charge >= 0.3 is 0 Å². The minimum atomic E-state index is 0.118. The summed E-state index contributed by atoms with van der Waals surface area (Å²) in [5, 5.41) is 4.18. The van der Waals surface area contributed by atoms with Crippen LogP contribution in [0.25, 0.3) is 33.4 Å². The van der Waals surface area contributed by atoms with Gasteiger partial charge in [-0.3, -0.25) is 9.78 Å². The molecule has 1 aliphatic heterocycles. The Morgan fingerprint density at radius 2 is 1.97 bits per heavy atom. The van der Waals surface area contributed by atoms with Gasteiger partial charge in [-0.05, 0) is 52.9 Å². The summed E-state index contributed by atoms with van der Waals surface area (Å²) in [5.74, 6) is 1.54. The van der Waals surface area contributed by atoms with E-state index in [1.165, 1.54) is 11.1 Å². The van der Waals surface area contributed by atoms with Gasteiger partial charge in [0.2, 0.25) is 5.91 Å². The molecule has 0 radical (unpaired) electrons. The molecule has 0 bridgehead atoms. The normalized spacial score (nSPS) is 13.2. The van der Waals surface area contributed by atoms with Crippen LogP contribution in [0, 0.1) is 0 Å². The van der Waals surface area contributed by atoms with Crippen molar-refractivity contribution in [1.29, 1.82) is 0 Å². The first-order valence-electron chi connectivity index (χ1n) is 10.4. The second kappa shape index (κ2) is 7.80. The molecule has 0 unspecified atom stereocenters. The molecule has 31 heavy (non-hydrogen) atoms. The van der Waals surface area contributed by atoms with E-state index < -0.39 is 0 Å². The number of fused-ring (bicyclic) bond motifs is 2. The van der Waals surface area contributed by atoms with Crippen LogP contribution in [0.3, 0.4) is 0 Å². The lowest BCUT2D eigenvalue weighted by Gasteiger charge is -2.29. The van der Waals surface area contributed by atoms with Gasteiger partial charge in [0.1, 0.15) is 5.82 Å². The van der Waals surface area contributed by atoms with Gasteiger partial charge in [0.25, 0.3) is 0 Å². The Morgan fingerprint density at radius 3 is 2.74 bits per heavy atom. The molecular weight excluding hydrogens is 386 g/mol. The number of nitrogens with zero attached hydrogens (tertiary/aromatic N) is 4. The van der Waals surface area contributed by atoms with Crippen LogP contribution in [0.4, 0.5) is 5.82 Å². The second-order valence-corrected chi connectivity index (χ2v) is 7.75. The first-order chi connectivity index (χ1) is 15.1. The number of amides is 1. The number of nitrogens with one attached hydrogen (secondary N) is 1. The summed E-state index contributed by atoms with van der Waals surface area (Å²) < 4.78 is 0. The standard InChI is InChI=1S/C25H23N5O/c1-16(31)30-12-10-17-5-3-7-20(22(17)15-30)18-8-9-23-21(13-18)25(26-2)29-24(28-23)19-6-4-11-27-14-19/h3-9,11,13-14H,10,12,15H2,1-2H3,(H,26,28,29). The molecule has 0 fully saturated rings. The molecule has 3 heterocycles. The molecule has 0 aliphatic carbocycles. The summed E-state index contributed by atoms with van der Waals surface area (Å²) in [7, 11) is 1.87. The Hall–Kier alpha value is -3.80. The maximum absolute atomic E-state index is 12.0. The molecule has 6 nitrogen and oxygen atoms in total. The van der Waals surface area contributed by atoms with E-state index in [2.05, 4.69) is 40.6 Å². The smallest absolute Gasteiger partial charge is 0.219 e. The number of carbonyl (C=O) groups is 1. The number of hydrogen-bond donors (Lipinski definition) is 1. The van der Waals surface area contributed by atoms with Crippen LogP contribution in [0.2, 0.25) is 0 Å². The quantitative estimate of drug-likeness (QED) is 0.546. The summed E-state index contributed by atoms with van der Waals surface area (Å²) >= 11 is 0. The van der Waals surface area contributed by atoms with Gasteiger partial charge in [0.15, 0.2) is 5.82 Å². The van der Waals surface area contributed by atoms with Crippen molar-refractivity contribution in [2.45, 2.75) is 19.9 Å². The third kappa shape index (κ3) is 3.50. The van der Waals surface area contributed by atoms with E-state index in [-0.39, 0.29) is 5.91 Å². The van der Waals surface area contributed by atoms with Gasteiger partial charge < -0.3 is 10.2 Å². The molecule has 2 aromatic carbocycles. The maximum atomic E-state index is 12.0. The number of carbonyl (C=O) groups excluding carboxylic acids is 1. The fourth-order valence-electron chi connectivity index (χ4n) is 4.23. The Kier molecular flexibility index (Phi) is 4.82. The molecule has 0 saturated carbocycles. The topological polar surface area (TPSA) is 71.0 Å².